The van der Waals surface area contributed by atoms with Crippen molar-refractivity contribution in [2.24, 2.45) is 5.92 Å². The van der Waals surface area contributed by atoms with Crippen LogP contribution in [-0.2, 0) is 0 Å². The van der Waals surface area contributed by atoms with Crippen LogP contribution in [0, 0.1) is 5.92 Å². The average molecular weight is 313 g/mol. The van der Waals surface area contributed by atoms with E-state index in [1.54, 1.807) is 13.4 Å². The predicted octanol–water partition coefficient (Wildman–Crippen LogP) is 3.05. The number of ether oxygens (including phenoxy) is 1. The third kappa shape index (κ3) is 3.47. The maximum Gasteiger partial charge on any atom is 0.159 e. The minimum absolute atomic E-state index is 0.588. The molecule has 0 aliphatic carbocycles. The maximum absolute atomic E-state index is 6.31. The molecule has 2 heterocycles. The number of hydrogen-bond donors (Lipinski definition) is 2. The van der Waals surface area contributed by atoms with Gasteiger partial charge in [-0.15, -0.1) is 0 Å². The Morgan fingerprint density at radius 1 is 1.26 bits per heavy atom. The lowest BCUT2D eigenvalue weighted by Crippen LogP contribution is -2.34. The number of nitrogens with zero attached hydrogens (tertiary/aromatic N) is 3. The highest BCUT2D eigenvalue weighted by molar-refractivity contribution is 5.78. The highest BCUT2D eigenvalue weighted by atomic mass is 16.5. The Labute approximate surface area is 136 Å². The van der Waals surface area contributed by atoms with Gasteiger partial charge in [0.05, 0.1) is 7.11 Å². The monoisotopic (exact) mass is 313 g/mol. The molecule has 122 valence electrons. The van der Waals surface area contributed by atoms with Gasteiger partial charge in [0.15, 0.2) is 11.6 Å². The zero-order valence-electron chi connectivity index (χ0n) is 13.6. The molecule has 0 amide bonds. The molecule has 1 aromatic carbocycles. The van der Waals surface area contributed by atoms with Gasteiger partial charge in [0.25, 0.3) is 0 Å². The smallest absolute Gasteiger partial charge is 0.159 e. The van der Waals surface area contributed by atoms with E-state index in [9.17, 15) is 0 Å². The predicted molar refractivity (Wildman–Crippen MR) is 93.3 cm³/mol. The second-order valence-corrected chi connectivity index (χ2v) is 5.99. The van der Waals surface area contributed by atoms with Crippen molar-refractivity contribution in [3.05, 3.63) is 30.6 Å². The van der Waals surface area contributed by atoms with Gasteiger partial charge >= 0.3 is 0 Å². The third-order valence-corrected chi connectivity index (χ3v) is 4.28. The van der Waals surface area contributed by atoms with Crippen LogP contribution >= 0.6 is 0 Å². The largest absolute Gasteiger partial charge is 0.497 e. The average Bonchev–Trinajstić information content (AvgIpc) is 2.58. The number of rotatable bonds is 4. The molecule has 6 heteroatoms. The van der Waals surface area contributed by atoms with E-state index in [-0.39, 0.29) is 0 Å². The van der Waals surface area contributed by atoms with Crippen molar-refractivity contribution >= 4 is 23.0 Å². The van der Waals surface area contributed by atoms with Crippen LogP contribution in [0.1, 0.15) is 19.8 Å². The Morgan fingerprint density at radius 2 is 2.04 bits per heavy atom. The second kappa shape index (κ2) is 6.73. The number of benzene rings is 1. The fourth-order valence-corrected chi connectivity index (χ4v) is 2.80. The minimum Gasteiger partial charge on any atom is -0.497 e. The van der Waals surface area contributed by atoms with Crippen LogP contribution in [0.4, 0.5) is 23.0 Å². The van der Waals surface area contributed by atoms with Crippen molar-refractivity contribution in [2.75, 3.05) is 36.1 Å². The molecule has 23 heavy (non-hydrogen) atoms. The highest BCUT2D eigenvalue weighted by Gasteiger charge is 2.20. The van der Waals surface area contributed by atoms with Gasteiger partial charge in [0.2, 0.25) is 0 Å². The molecule has 2 aromatic rings. The molecule has 1 aliphatic heterocycles. The summed E-state index contributed by atoms with van der Waals surface area (Å²) in [4.78, 5) is 10.9. The summed E-state index contributed by atoms with van der Waals surface area (Å²) >= 11 is 0. The molecule has 0 saturated carbocycles. The van der Waals surface area contributed by atoms with E-state index in [2.05, 4.69) is 27.1 Å². The third-order valence-electron chi connectivity index (χ3n) is 4.28. The van der Waals surface area contributed by atoms with Crippen LogP contribution in [0.3, 0.4) is 0 Å². The summed E-state index contributed by atoms with van der Waals surface area (Å²) in [6, 6.07) is 7.68. The van der Waals surface area contributed by atoms with E-state index < -0.39 is 0 Å². The summed E-state index contributed by atoms with van der Waals surface area (Å²) in [5, 5.41) is 3.25. The molecule has 1 saturated heterocycles. The standard InChI is InChI=1S/C17H23N5O/c1-12-6-8-22(9-7-12)17-15(18)16(19-11-20-17)21-13-4-3-5-14(10-13)23-2/h3-5,10-12H,6-9,18H2,1-2H3,(H,19,20,21). The van der Waals surface area contributed by atoms with Crippen LogP contribution in [-0.4, -0.2) is 30.2 Å². The van der Waals surface area contributed by atoms with Gasteiger partial charge in [-0.25, -0.2) is 9.97 Å². The zero-order valence-corrected chi connectivity index (χ0v) is 13.6. The number of methoxy groups -OCH3 is 1. The first-order valence-corrected chi connectivity index (χ1v) is 7.94. The Morgan fingerprint density at radius 3 is 2.78 bits per heavy atom. The molecule has 0 atom stereocenters. The quantitative estimate of drug-likeness (QED) is 0.903. The van der Waals surface area contributed by atoms with E-state index >= 15 is 0 Å². The summed E-state index contributed by atoms with van der Waals surface area (Å²) < 4.78 is 5.24. The van der Waals surface area contributed by atoms with Gasteiger partial charge in [0, 0.05) is 24.8 Å². The fraction of sp³-hybridized carbons (Fsp3) is 0.412. The molecule has 6 nitrogen and oxygen atoms in total. The first kappa shape index (κ1) is 15.4. The Hall–Kier alpha value is -2.50. The molecule has 0 unspecified atom stereocenters. The van der Waals surface area contributed by atoms with Crippen LogP contribution in [0.15, 0.2) is 30.6 Å². The van der Waals surface area contributed by atoms with Crippen LogP contribution < -0.4 is 20.7 Å². The summed E-state index contributed by atoms with van der Waals surface area (Å²) in [5.41, 5.74) is 7.78. The lowest BCUT2D eigenvalue weighted by Gasteiger charge is -2.32. The van der Waals surface area contributed by atoms with Crippen molar-refractivity contribution in [3.63, 3.8) is 0 Å². The molecule has 1 aliphatic rings. The first-order valence-electron chi connectivity index (χ1n) is 7.94. The number of piperidine rings is 1. The van der Waals surface area contributed by atoms with Crippen molar-refractivity contribution in [2.45, 2.75) is 19.8 Å². The van der Waals surface area contributed by atoms with Crippen molar-refractivity contribution in [1.82, 2.24) is 9.97 Å². The fourth-order valence-electron chi connectivity index (χ4n) is 2.80. The molecular formula is C17H23N5O. The topological polar surface area (TPSA) is 76.3 Å². The van der Waals surface area contributed by atoms with Crippen LogP contribution in [0.5, 0.6) is 5.75 Å². The number of anilines is 4. The summed E-state index contributed by atoms with van der Waals surface area (Å²) in [6.45, 7) is 4.26. The van der Waals surface area contributed by atoms with Gasteiger partial charge in [-0.3, -0.25) is 0 Å². The van der Waals surface area contributed by atoms with E-state index in [0.29, 0.717) is 11.5 Å². The Kier molecular flexibility index (Phi) is 4.50. The van der Waals surface area contributed by atoms with E-state index in [1.165, 1.54) is 12.8 Å². The van der Waals surface area contributed by atoms with Crippen molar-refractivity contribution in [3.8, 4) is 5.75 Å². The maximum atomic E-state index is 6.31. The molecule has 3 N–H and O–H groups in total. The normalized spacial score (nSPS) is 15.5. The number of aromatic nitrogens is 2. The zero-order chi connectivity index (χ0) is 16.2. The van der Waals surface area contributed by atoms with E-state index in [4.69, 9.17) is 10.5 Å². The molecule has 0 bridgehead atoms. The number of nitrogens with two attached hydrogens (primary N) is 1. The summed E-state index contributed by atoms with van der Waals surface area (Å²) in [5.74, 6) is 3.00. The van der Waals surface area contributed by atoms with Gasteiger partial charge < -0.3 is 20.7 Å². The molecule has 1 fully saturated rings. The Balaban J connectivity index is 1.81. The summed E-state index contributed by atoms with van der Waals surface area (Å²) in [6.07, 6.45) is 3.90. The molecule has 0 spiro atoms. The van der Waals surface area contributed by atoms with Gasteiger partial charge in [0.1, 0.15) is 17.8 Å². The van der Waals surface area contributed by atoms with E-state index in [1.807, 2.05) is 24.3 Å². The van der Waals surface area contributed by atoms with Gasteiger partial charge in [-0.1, -0.05) is 13.0 Å². The lowest BCUT2D eigenvalue weighted by molar-refractivity contribution is 0.415. The van der Waals surface area contributed by atoms with E-state index in [0.717, 1.165) is 36.3 Å². The molecule has 3 rings (SSSR count). The van der Waals surface area contributed by atoms with Gasteiger partial charge in [-0.2, -0.15) is 0 Å². The van der Waals surface area contributed by atoms with Gasteiger partial charge in [-0.05, 0) is 30.9 Å². The minimum atomic E-state index is 0.588. The Bertz CT molecular complexity index is 668. The molecule has 1 aromatic heterocycles. The first-order chi connectivity index (χ1) is 11.2. The second-order valence-electron chi connectivity index (χ2n) is 5.99. The highest BCUT2D eigenvalue weighted by Crippen LogP contribution is 2.31. The van der Waals surface area contributed by atoms with Crippen molar-refractivity contribution in [1.29, 1.82) is 0 Å². The molecular weight excluding hydrogens is 290 g/mol. The van der Waals surface area contributed by atoms with Crippen molar-refractivity contribution < 1.29 is 4.74 Å². The SMILES string of the molecule is COc1cccc(Nc2ncnc(N3CCC(C)CC3)c2N)c1. The number of nitrogen functional groups attached to an aromatic ring is 1. The number of hydrogen-bond acceptors (Lipinski definition) is 6. The summed E-state index contributed by atoms with van der Waals surface area (Å²) in [7, 11) is 1.65. The lowest BCUT2D eigenvalue weighted by atomic mass is 9.99. The molecule has 0 radical (unpaired) electrons. The van der Waals surface area contributed by atoms with Crippen LogP contribution in [0.2, 0.25) is 0 Å². The number of nitrogens with one attached hydrogen (secondary N) is 1. The van der Waals surface area contributed by atoms with Crippen LogP contribution in [0.25, 0.3) is 0 Å².